The highest BCUT2D eigenvalue weighted by Gasteiger charge is 2.60. The van der Waals surface area contributed by atoms with Crippen LogP contribution >= 0.6 is 11.6 Å². The lowest BCUT2D eigenvalue weighted by molar-refractivity contribution is -0.212. The van der Waals surface area contributed by atoms with Crippen molar-refractivity contribution in [2.24, 2.45) is 5.92 Å². The lowest BCUT2D eigenvalue weighted by Gasteiger charge is -2.44. The molecule has 0 spiro atoms. The van der Waals surface area contributed by atoms with Gasteiger partial charge in [0.25, 0.3) is 5.60 Å². The fourth-order valence-corrected chi connectivity index (χ4v) is 3.44. The van der Waals surface area contributed by atoms with E-state index in [1.807, 2.05) is 0 Å². The van der Waals surface area contributed by atoms with Crippen LogP contribution in [-0.4, -0.2) is 43.6 Å². The van der Waals surface area contributed by atoms with E-state index in [0.717, 1.165) is 0 Å². The van der Waals surface area contributed by atoms with Gasteiger partial charge in [-0.15, -0.1) is 0 Å². The zero-order valence-electron chi connectivity index (χ0n) is 14.8. The first kappa shape index (κ1) is 18.9. The summed E-state index contributed by atoms with van der Waals surface area (Å²) in [5.74, 6) is -1.57. The van der Waals surface area contributed by atoms with Crippen LogP contribution in [0, 0.1) is 5.92 Å². The number of hydroxylamine groups is 1. The molecule has 2 fully saturated rings. The molecular weight excluding hydrogens is 362 g/mol. The molecule has 0 aliphatic carbocycles. The minimum atomic E-state index is -1.85. The quantitative estimate of drug-likeness (QED) is 0.571. The van der Waals surface area contributed by atoms with Crippen LogP contribution in [0.25, 0.3) is 0 Å². The predicted molar refractivity (Wildman–Crippen MR) is 93.5 cm³/mol. The SMILES string of the molecule is CCOC(=O)C1(C(=O)OCC)CC2CCOC2N(c2ccc(Cl)cc2)O1. The van der Waals surface area contributed by atoms with Gasteiger partial charge in [-0.2, -0.15) is 0 Å². The van der Waals surface area contributed by atoms with E-state index >= 15 is 0 Å². The van der Waals surface area contributed by atoms with E-state index in [0.29, 0.717) is 23.7 Å². The fourth-order valence-electron chi connectivity index (χ4n) is 3.31. The maximum atomic E-state index is 12.7. The summed E-state index contributed by atoms with van der Waals surface area (Å²) >= 11 is 5.96. The predicted octanol–water partition coefficient (Wildman–Crippen LogP) is 2.71. The highest BCUT2D eigenvalue weighted by Crippen LogP contribution is 2.43. The van der Waals surface area contributed by atoms with Crippen molar-refractivity contribution >= 4 is 29.2 Å². The Morgan fingerprint density at radius 1 is 1.19 bits per heavy atom. The van der Waals surface area contributed by atoms with E-state index < -0.39 is 23.8 Å². The van der Waals surface area contributed by atoms with E-state index in [1.165, 1.54) is 5.06 Å². The molecule has 1 aromatic carbocycles. The highest BCUT2D eigenvalue weighted by molar-refractivity contribution is 6.30. The van der Waals surface area contributed by atoms with E-state index in [-0.39, 0.29) is 25.6 Å². The summed E-state index contributed by atoms with van der Waals surface area (Å²) in [5, 5.41) is 2.03. The smallest absolute Gasteiger partial charge is 0.353 e. The van der Waals surface area contributed by atoms with Crippen LogP contribution in [0.3, 0.4) is 0 Å². The van der Waals surface area contributed by atoms with E-state index in [4.69, 9.17) is 30.6 Å². The van der Waals surface area contributed by atoms with Crippen LogP contribution in [0.5, 0.6) is 0 Å². The van der Waals surface area contributed by atoms with Crippen molar-refractivity contribution in [1.29, 1.82) is 0 Å². The topological polar surface area (TPSA) is 74.3 Å². The molecule has 0 N–H and O–H groups in total. The first-order valence-corrected chi connectivity index (χ1v) is 9.09. The summed E-state index contributed by atoms with van der Waals surface area (Å²) in [7, 11) is 0. The molecule has 2 unspecified atom stereocenters. The van der Waals surface area contributed by atoms with Crippen LogP contribution < -0.4 is 5.06 Å². The van der Waals surface area contributed by atoms with E-state index in [1.54, 1.807) is 38.1 Å². The molecule has 0 radical (unpaired) electrons. The maximum absolute atomic E-state index is 12.7. The molecule has 1 aromatic rings. The molecule has 0 aromatic heterocycles. The maximum Gasteiger partial charge on any atom is 0.353 e. The van der Waals surface area contributed by atoms with E-state index in [2.05, 4.69) is 0 Å². The molecule has 2 aliphatic heterocycles. The van der Waals surface area contributed by atoms with Crippen LogP contribution in [-0.2, 0) is 28.6 Å². The van der Waals surface area contributed by atoms with Gasteiger partial charge < -0.3 is 14.2 Å². The molecule has 2 saturated heterocycles. The number of hydrogen-bond acceptors (Lipinski definition) is 7. The normalized spacial score (nSPS) is 24.0. The van der Waals surface area contributed by atoms with Gasteiger partial charge in [-0.1, -0.05) is 11.6 Å². The summed E-state index contributed by atoms with van der Waals surface area (Å²) in [5.41, 5.74) is -1.22. The summed E-state index contributed by atoms with van der Waals surface area (Å²) in [4.78, 5) is 31.4. The monoisotopic (exact) mass is 383 g/mol. The first-order valence-electron chi connectivity index (χ1n) is 8.71. The summed E-state index contributed by atoms with van der Waals surface area (Å²) in [6.45, 7) is 4.14. The standard InChI is InChI=1S/C18H22ClNO6/c1-3-23-16(21)18(17(22)24-4-2)11-12-9-10-25-15(12)20(26-18)14-7-5-13(19)6-8-14/h5-8,12,15H,3-4,9-11H2,1-2H3. The summed E-state index contributed by atoms with van der Waals surface area (Å²) < 4.78 is 16.1. The van der Waals surface area contributed by atoms with Gasteiger partial charge in [0, 0.05) is 24.0 Å². The van der Waals surface area contributed by atoms with Gasteiger partial charge in [-0.25, -0.2) is 19.5 Å². The summed E-state index contributed by atoms with van der Waals surface area (Å²) in [6.07, 6.45) is 0.464. The molecular formula is C18H22ClNO6. The second-order valence-corrected chi connectivity index (χ2v) is 6.61. The molecule has 0 amide bonds. The van der Waals surface area contributed by atoms with Crippen LogP contribution in [0.2, 0.25) is 5.02 Å². The molecule has 3 rings (SSSR count). The average molecular weight is 384 g/mol. The Morgan fingerprint density at radius 3 is 2.38 bits per heavy atom. The van der Waals surface area contributed by atoms with Crippen molar-refractivity contribution in [2.45, 2.75) is 38.5 Å². The minimum absolute atomic E-state index is 0.0757. The Hall–Kier alpha value is -1.83. The number of halogens is 1. The Balaban J connectivity index is 2.00. The van der Waals surface area contributed by atoms with Crippen LogP contribution in [0.4, 0.5) is 5.69 Å². The van der Waals surface area contributed by atoms with Gasteiger partial charge in [-0.05, 0) is 44.5 Å². The van der Waals surface area contributed by atoms with Crippen LogP contribution in [0.15, 0.2) is 24.3 Å². The van der Waals surface area contributed by atoms with Crippen molar-refractivity contribution in [3.8, 4) is 0 Å². The number of esters is 2. The zero-order chi connectivity index (χ0) is 18.7. The molecule has 26 heavy (non-hydrogen) atoms. The molecule has 2 aliphatic rings. The van der Waals surface area contributed by atoms with Gasteiger partial charge in [0.2, 0.25) is 0 Å². The van der Waals surface area contributed by atoms with Crippen molar-refractivity contribution in [1.82, 2.24) is 0 Å². The Labute approximate surface area is 157 Å². The van der Waals surface area contributed by atoms with Gasteiger partial charge in [0.1, 0.15) is 0 Å². The average Bonchev–Trinajstić information content (AvgIpc) is 3.10. The number of hydrogen-bond donors (Lipinski definition) is 0. The number of benzene rings is 1. The first-order chi connectivity index (χ1) is 12.5. The summed E-state index contributed by atoms with van der Waals surface area (Å²) in [6, 6.07) is 6.89. The third kappa shape index (κ3) is 3.39. The molecule has 8 heteroatoms. The number of nitrogens with zero attached hydrogens (tertiary/aromatic N) is 1. The number of carbonyl (C=O) groups is 2. The Morgan fingerprint density at radius 2 is 1.81 bits per heavy atom. The molecule has 0 bridgehead atoms. The van der Waals surface area contributed by atoms with Crippen molar-refractivity contribution in [3.05, 3.63) is 29.3 Å². The second kappa shape index (κ2) is 7.82. The molecule has 7 nitrogen and oxygen atoms in total. The van der Waals surface area contributed by atoms with Crippen LogP contribution in [0.1, 0.15) is 26.7 Å². The third-order valence-corrected chi connectivity index (χ3v) is 4.76. The Bertz CT molecular complexity index is 646. The number of rotatable bonds is 5. The number of carbonyl (C=O) groups excluding carboxylic acids is 2. The van der Waals surface area contributed by atoms with Gasteiger partial charge in [-0.3, -0.25) is 0 Å². The second-order valence-electron chi connectivity index (χ2n) is 6.18. The van der Waals surface area contributed by atoms with Gasteiger partial charge >= 0.3 is 11.9 Å². The molecule has 0 saturated carbocycles. The largest absolute Gasteiger partial charge is 0.463 e. The van der Waals surface area contributed by atoms with Crippen molar-refractivity contribution in [2.75, 3.05) is 24.9 Å². The van der Waals surface area contributed by atoms with E-state index in [9.17, 15) is 9.59 Å². The third-order valence-electron chi connectivity index (χ3n) is 4.51. The lowest BCUT2D eigenvalue weighted by Crippen LogP contribution is -2.62. The fraction of sp³-hybridized carbons (Fsp3) is 0.556. The number of ether oxygens (including phenoxy) is 3. The minimum Gasteiger partial charge on any atom is -0.463 e. The Kier molecular flexibility index (Phi) is 5.70. The molecule has 142 valence electrons. The number of fused-ring (bicyclic) bond motifs is 1. The van der Waals surface area contributed by atoms with Crippen molar-refractivity contribution in [3.63, 3.8) is 0 Å². The number of anilines is 1. The van der Waals surface area contributed by atoms with Crippen molar-refractivity contribution < 1.29 is 28.6 Å². The highest BCUT2D eigenvalue weighted by atomic mass is 35.5. The zero-order valence-corrected chi connectivity index (χ0v) is 15.5. The molecule has 2 atom stereocenters. The molecule has 2 heterocycles. The van der Waals surface area contributed by atoms with Gasteiger partial charge in [0.05, 0.1) is 18.9 Å². The van der Waals surface area contributed by atoms with Gasteiger partial charge in [0.15, 0.2) is 6.23 Å². The lowest BCUT2D eigenvalue weighted by atomic mass is 9.86.